The molecule has 0 aliphatic carbocycles. The van der Waals surface area contributed by atoms with E-state index in [0.717, 1.165) is 11.1 Å². The molecule has 8 nitrogen and oxygen atoms in total. The fourth-order valence-electron chi connectivity index (χ4n) is 3.11. The molecule has 1 heterocycles. The standard InChI is InChI=1S/C21H24N4O4.ClH/c1-13-4-2-3-5-15(13)12-25-10-11-29-18(21(25)28)17(26)20(27)24-16-8-6-14(7-9-16)19(22)23;/h2-9,17-18,26H,10-12H2,1H3,(H3,22,23)(H,24,27);1H/t17-,18-;/m1./s1. The number of hydrogen-bond acceptors (Lipinski definition) is 5. The molecule has 2 amide bonds. The highest BCUT2D eigenvalue weighted by Gasteiger charge is 2.38. The van der Waals surface area contributed by atoms with Gasteiger partial charge < -0.3 is 25.8 Å². The van der Waals surface area contributed by atoms with Crippen molar-refractivity contribution in [3.05, 3.63) is 65.2 Å². The number of halogens is 1. The van der Waals surface area contributed by atoms with Crippen LogP contribution in [-0.2, 0) is 20.9 Å². The van der Waals surface area contributed by atoms with E-state index < -0.39 is 24.0 Å². The number of aryl methyl sites for hydroxylation is 1. The third kappa shape index (κ3) is 5.35. The average Bonchev–Trinajstić information content (AvgIpc) is 2.71. The first kappa shape index (κ1) is 23.3. The van der Waals surface area contributed by atoms with Gasteiger partial charge in [-0.3, -0.25) is 15.0 Å². The molecular weight excluding hydrogens is 408 g/mol. The maximum atomic E-state index is 12.8. The molecule has 30 heavy (non-hydrogen) atoms. The van der Waals surface area contributed by atoms with Crippen molar-refractivity contribution in [3.63, 3.8) is 0 Å². The van der Waals surface area contributed by atoms with Gasteiger partial charge in [-0.2, -0.15) is 0 Å². The average molecular weight is 433 g/mol. The van der Waals surface area contributed by atoms with E-state index in [4.69, 9.17) is 15.9 Å². The highest BCUT2D eigenvalue weighted by atomic mass is 35.5. The van der Waals surface area contributed by atoms with E-state index in [1.807, 2.05) is 31.2 Å². The van der Waals surface area contributed by atoms with Crippen LogP contribution in [0.5, 0.6) is 0 Å². The SMILES string of the molecule is Cc1ccccc1CN1CCO[C@H]([C@@H](O)C(=O)Nc2ccc(C(=N)N)cc2)C1=O.Cl. The van der Waals surface area contributed by atoms with Gasteiger partial charge in [0.15, 0.2) is 12.2 Å². The molecular formula is C21H25ClN4O4. The Kier molecular flexibility index (Phi) is 7.93. The molecule has 0 spiro atoms. The summed E-state index contributed by atoms with van der Waals surface area (Å²) in [5.41, 5.74) is 8.40. The fraction of sp³-hybridized carbons (Fsp3) is 0.286. The molecule has 0 radical (unpaired) electrons. The second-order valence-corrected chi connectivity index (χ2v) is 6.90. The van der Waals surface area contributed by atoms with Gasteiger partial charge in [0.05, 0.1) is 6.61 Å². The number of rotatable bonds is 6. The summed E-state index contributed by atoms with van der Waals surface area (Å²) in [6.07, 6.45) is -2.90. The van der Waals surface area contributed by atoms with E-state index in [0.29, 0.717) is 24.3 Å². The Morgan fingerprint density at radius 1 is 1.30 bits per heavy atom. The molecule has 1 fully saturated rings. The third-order valence-electron chi connectivity index (χ3n) is 4.85. The van der Waals surface area contributed by atoms with Gasteiger partial charge in [0.25, 0.3) is 11.8 Å². The van der Waals surface area contributed by atoms with Gasteiger partial charge in [0.2, 0.25) is 0 Å². The summed E-state index contributed by atoms with van der Waals surface area (Å²) in [5, 5.41) is 20.3. The van der Waals surface area contributed by atoms with Crippen LogP contribution in [0.4, 0.5) is 5.69 Å². The minimum atomic E-state index is -1.64. The van der Waals surface area contributed by atoms with Crippen LogP contribution in [-0.4, -0.2) is 53.0 Å². The highest BCUT2D eigenvalue weighted by Crippen LogP contribution is 2.18. The van der Waals surface area contributed by atoms with E-state index >= 15 is 0 Å². The molecule has 1 saturated heterocycles. The first-order valence-electron chi connectivity index (χ1n) is 9.25. The van der Waals surface area contributed by atoms with Crippen molar-refractivity contribution in [2.45, 2.75) is 25.7 Å². The number of nitrogens with two attached hydrogens (primary N) is 1. The van der Waals surface area contributed by atoms with Gasteiger partial charge in [-0.25, -0.2) is 0 Å². The Morgan fingerprint density at radius 2 is 1.97 bits per heavy atom. The smallest absolute Gasteiger partial charge is 0.256 e. The fourth-order valence-corrected chi connectivity index (χ4v) is 3.11. The van der Waals surface area contributed by atoms with E-state index in [1.165, 1.54) is 0 Å². The molecule has 2 atom stereocenters. The lowest BCUT2D eigenvalue weighted by atomic mass is 10.1. The molecule has 1 aliphatic heterocycles. The lowest BCUT2D eigenvalue weighted by Crippen LogP contribution is -2.55. The maximum Gasteiger partial charge on any atom is 0.256 e. The van der Waals surface area contributed by atoms with Crippen molar-refractivity contribution in [1.29, 1.82) is 5.41 Å². The minimum absolute atomic E-state index is 0. The number of aliphatic hydroxyl groups is 1. The van der Waals surface area contributed by atoms with Crippen LogP contribution in [0.25, 0.3) is 0 Å². The molecule has 5 N–H and O–H groups in total. The molecule has 1 aliphatic rings. The van der Waals surface area contributed by atoms with Crippen LogP contribution in [0.3, 0.4) is 0 Å². The number of amides is 2. The second kappa shape index (κ2) is 10.2. The molecule has 9 heteroatoms. The summed E-state index contributed by atoms with van der Waals surface area (Å²) in [4.78, 5) is 26.8. The number of nitrogen functional groups attached to an aromatic ring is 1. The predicted molar refractivity (Wildman–Crippen MR) is 116 cm³/mol. The monoisotopic (exact) mass is 432 g/mol. The number of carbonyl (C=O) groups excluding carboxylic acids is 2. The Balaban J connectivity index is 0.00000320. The molecule has 0 saturated carbocycles. The van der Waals surface area contributed by atoms with Crippen molar-refractivity contribution in [1.82, 2.24) is 4.90 Å². The minimum Gasteiger partial charge on any atom is -0.384 e. The van der Waals surface area contributed by atoms with Crippen LogP contribution in [0.1, 0.15) is 16.7 Å². The Morgan fingerprint density at radius 3 is 2.60 bits per heavy atom. The number of aliphatic hydroxyl groups excluding tert-OH is 1. The summed E-state index contributed by atoms with van der Waals surface area (Å²) >= 11 is 0. The molecule has 2 aromatic rings. The van der Waals surface area contributed by atoms with Crippen molar-refractivity contribution in [2.24, 2.45) is 5.73 Å². The highest BCUT2D eigenvalue weighted by molar-refractivity contribution is 5.99. The Bertz CT molecular complexity index is 919. The number of morpholine rings is 1. The number of ether oxygens (including phenoxy) is 1. The topological polar surface area (TPSA) is 129 Å². The quantitative estimate of drug-likeness (QED) is 0.405. The summed E-state index contributed by atoms with van der Waals surface area (Å²) in [5.74, 6) is -1.25. The molecule has 0 unspecified atom stereocenters. The first-order valence-corrected chi connectivity index (χ1v) is 9.25. The van der Waals surface area contributed by atoms with Gasteiger partial charge in [0.1, 0.15) is 5.84 Å². The second-order valence-electron chi connectivity index (χ2n) is 6.90. The summed E-state index contributed by atoms with van der Waals surface area (Å²) in [6.45, 7) is 2.99. The normalized spacial score (nSPS) is 17.1. The lowest BCUT2D eigenvalue weighted by Gasteiger charge is -2.34. The summed E-state index contributed by atoms with van der Waals surface area (Å²) in [6, 6.07) is 14.0. The van der Waals surface area contributed by atoms with E-state index in [-0.39, 0.29) is 24.8 Å². The van der Waals surface area contributed by atoms with E-state index in [9.17, 15) is 14.7 Å². The number of nitrogens with zero attached hydrogens (tertiary/aromatic N) is 1. The number of hydrogen-bond donors (Lipinski definition) is 4. The van der Waals surface area contributed by atoms with Crippen molar-refractivity contribution in [3.8, 4) is 0 Å². The first-order chi connectivity index (χ1) is 13.9. The van der Waals surface area contributed by atoms with Crippen LogP contribution < -0.4 is 11.1 Å². The van der Waals surface area contributed by atoms with Crippen LogP contribution >= 0.6 is 12.4 Å². The number of nitrogens with one attached hydrogen (secondary N) is 2. The zero-order valence-corrected chi connectivity index (χ0v) is 17.3. The van der Waals surface area contributed by atoms with Gasteiger partial charge in [0, 0.05) is 24.3 Å². The molecule has 0 aromatic heterocycles. The number of carbonyl (C=O) groups is 2. The third-order valence-corrected chi connectivity index (χ3v) is 4.85. The summed E-state index contributed by atoms with van der Waals surface area (Å²) in [7, 11) is 0. The van der Waals surface area contributed by atoms with Crippen molar-refractivity contribution < 1.29 is 19.4 Å². The Labute approximate surface area is 180 Å². The maximum absolute atomic E-state index is 12.8. The van der Waals surface area contributed by atoms with Gasteiger partial charge in [-0.15, -0.1) is 12.4 Å². The van der Waals surface area contributed by atoms with Crippen LogP contribution in [0, 0.1) is 12.3 Å². The van der Waals surface area contributed by atoms with E-state index in [1.54, 1.807) is 29.2 Å². The number of amidine groups is 1. The zero-order valence-electron chi connectivity index (χ0n) is 16.5. The molecule has 160 valence electrons. The van der Waals surface area contributed by atoms with Gasteiger partial charge in [-0.1, -0.05) is 24.3 Å². The van der Waals surface area contributed by atoms with Crippen molar-refractivity contribution >= 4 is 35.7 Å². The van der Waals surface area contributed by atoms with E-state index in [2.05, 4.69) is 5.32 Å². The van der Waals surface area contributed by atoms with Gasteiger partial charge in [-0.05, 0) is 42.3 Å². The Hall–Kier alpha value is -2.94. The number of benzene rings is 2. The summed E-state index contributed by atoms with van der Waals surface area (Å²) < 4.78 is 5.41. The number of anilines is 1. The molecule has 3 rings (SSSR count). The van der Waals surface area contributed by atoms with Crippen LogP contribution in [0.2, 0.25) is 0 Å². The predicted octanol–water partition coefficient (Wildman–Crippen LogP) is 1.43. The molecule has 2 aromatic carbocycles. The van der Waals surface area contributed by atoms with Crippen molar-refractivity contribution in [2.75, 3.05) is 18.5 Å². The molecule has 0 bridgehead atoms. The largest absolute Gasteiger partial charge is 0.384 e. The zero-order chi connectivity index (χ0) is 21.0. The van der Waals surface area contributed by atoms with Crippen LogP contribution in [0.15, 0.2) is 48.5 Å². The lowest BCUT2D eigenvalue weighted by molar-refractivity contribution is -0.166. The van der Waals surface area contributed by atoms with Gasteiger partial charge >= 0.3 is 0 Å².